The molecule has 0 aliphatic rings. The van der Waals surface area contributed by atoms with Gasteiger partial charge in [-0.15, -0.1) is 0 Å². The Balaban J connectivity index is 3.53. The zero-order chi connectivity index (χ0) is 14.8. The SMILES string of the molecule is CC(C)(C)/C(=C\C(=O)O)c1cc(Cl)c(C=O)cc1Cl. The highest BCUT2D eigenvalue weighted by molar-refractivity contribution is 6.36. The van der Waals surface area contributed by atoms with Crippen molar-refractivity contribution in [3.05, 3.63) is 39.4 Å². The van der Waals surface area contributed by atoms with E-state index >= 15 is 0 Å². The van der Waals surface area contributed by atoms with Crippen molar-refractivity contribution in [2.24, 2.45) is 5.41 Å². The first-order chi connectivity index (χ1) is 8.66. The van der Waals surface area contributed by atoms with Gasteiger partial charge in [0.2, 0.25) is 0 Å². The van der Waals surface area contributed by atoms with E-state index < -0.39 is 11.4 Å². The Morgan fingerprint density at radius 1 is 1.21 bits per heavy atom. The van der Waals surface area contributed by atoms with E-state index in [-0.39, 0.29) is 10.6 Å². The van der Waals surface area contributed by atoms with Crippen LogP contribution in [0.3, 0.4) is 0 Å². The monoisotopic (exact) mass is 300 g/mol. The molecular weight excluding hydrogens is 287 g/mol. The second kappa shape index (κ2) is 5.76. The van der Waals surface area contributed by atoms with Crippen LogP contribution in [-0.2, 0) is 4.79 Å². The first kappa shape index (κ1) is 15.7. The molecule has 0 atom stereocenters. The predicted octanol–water partition coefficient (Wildman–Crippen LogP) is 4.32. The molecule has 0 fully saturated rings. The van der Waals surface area contributed by atoms with Gasteiger partial charge in [-0.2, -0.15) is 0 Å². The van der Waals surface area contributed by atoms with Gasteiger partial charge in [0.05, 0.1) is 5.02 Å². The minimum Gasteiger partial charge on any atom is -0.478 e. The summed E-state index contributed by atoms with van der Waals surface area (Å²) in [5.74, 6) is -1.06. The van der Waals surface area contributed by atoms with Gasteiger partial charge < -0.3 is 5.11 Å². The van der Waals surface area contributed by atoms with Crippen molar-refractivity contribution in [2.75, 3.05) is 0 Å². The molecule has 1 aromatic carbocycles. The molecular formula is C14H14Cl2O3. The Bertz CT molecular complexity index is 555. The molecule has 0 aliphatic heterocycles. The van der Waals surface area contributed by atoms with Crippen molar-refractivity contribution in [3.8, 4) is 0 Å². The van der Waals surface area contributed by atoms with Crippen molar-refractivity contribution in [2.45, 2.75) is 20.8 Å². The molecule has 0 saturated heterocycles. The van der Waals surface area contributed by atoms with Crippen molar-refractivity contribution >= 4 is 41.0 Å². The normalized spacial score (nSPS) is 12.4. The first-order valence-corrected chi connectivity index (χ1v) is 6.32. The van der Waals surface area contributed by atoms with Crippen LogP contribution >= 0.6 is 23.2 Å². The lowest BCUT2D eigenvalue weighted by Gasteiger charge is -2.24. The molecule has 0 amide bonds. The van der Waals surface area contributed by atoms with Crippen LogP contribution < -0.4 is 0 Å². The Hall–Kier alpha value is -1.32. The van der Waals surface area contributed by atoms with Crippen LogP contribution in [0.1, 0.15) is 36.7 Å². The largest absolute Gasteiger partial charge is 0.478 e. The average Bonchev–Trinajstić information content (AvgIpc) is 2.27. The molecule has 5 heteroatoms. The minimum atomic E-state index is -1.06. The van der Waals surface area contributed by atoms with Gasteiger partial charge in [0.1, 0.15) is 0 Å². The standard InChI is InChI=1S/C14H14Cl2O3/c1-14(2,3)10(6-13(18)19)9-5-11(15)8(7-17)4-12(9)16/h4-7H,1-3H3,(H,18,19)/b10-6-. The molecule has 3 nitrogen and oxygen atoms in total. The van der Waals surface area contributed by atoms with Crippen molar-refractivity contribution in [3.63, 3.8) is 0 Å². The van der Waals surface area contributed by atoms with Crippen LogP contribution in [0.4, 0.5) is 0 Å². The fourth-order valence-corrected chi connectivity index (χ4v) is 2.16. The van der Waals surface area contributed by atoms with Gasteiger partial charge in [0, 0.05) is 16.7 Å². The smallest absolute Gasteiger partial charge is 0.328 e. The lowest BCUT2D eigenvalue weighted by Crippen LogP contribution is -2.11. The molecule has 102 valence electrons. The Morgan fingerprint density at radius 3 is 2.21 bits per heavy atom. The van der Waals surface area contributed by atoms with E-state index in [9.17, 15) is 9.59 Å². The molecule has 0 heterocycles. The Morgan fingerprint density at radius 2 is 1.79 bits per heavy atom. The van der Waals surface area contributed by atoms with E-state index in [1.165, 1.54) is 12.1 Å². The van der Waals surface area contributed by atoms with E-state index in [0.717, 1.165) is 6.08 Å². The molecule has 0 aliphatic carbocycles. The summed E-state index contributed by atoms with van der Waals surface area (Å²) in [6.07, 6.45) is 1.72. The van der Waals surface area contributed by atoms with E-state index in [4.69, 9.17) is 28.3 Å². The summed E-state index contributed by atoms with van der Waals surface area (Å²) in [4.78, 5) is 21.7. The molecule has 1 aromatic rings. The second-order valence-corrected chi connectivity index (χ2v) is 5.93. The number of aliphatic carboxylic acids is 1. The van der Waals surface area contributed by atoms with E-state index in [1.54, 1.807) is 0 Å². The fourth-order valence-electron chi connectivity index (χ4n) is 1.68. The lowest BCUT2D eigenvalue weighted by atomic mass is 9.81. The maximum absolute atomic E-state index is 10.9. The zero-order valence-electron chi connectivity index (χ0n) is 10.8. The topological polar surface area (TPSA) is 54.4 Å². The van der Waals surface area contributed by atoms with Gasteiger partial charge in [0.25, 0.3) is 0 Å². The molecule has 19 heavy (non-hydrogen) atoms. The summed E-state index contributed by atoms with van der Waals surface area (Å²) in [7, 11) is 0. The van der Waals surface area contributed by atoms with Crippen LogP contribution in [-0.4, -0.2) is 17.4 Å². The molecule has 1 rings (SSSR count). The zero-order valence-corrected chi connectivity index (χ0v) is 12.3. The number of carboxylic acid groups (broad SMARTS) is 1. The Labute approximate surface area is 121 Å². The highest BCUT2D eigenvalue weighted by Gasteiger charge is 2.23. The van der Waals surface area contributed by atoms with Crippen LogP contribution in [0.2, 0.25) is 10.0 Å². The summed E-state index contributed by atoms with van der Waals surface area (Å²) < 4.78 is 0. The number of halogens is 2. The number of hydrogen-bond acceptors (Lipinski definition) is 2. The average molecular weight is 301 g/mol. The number of aldehydes is 1. The molecule has 0 aromatic heterocycles. The first-order valence-electron chi connectivity index (χ1n) is 5.56. The molecule has 0 bridgehead atoms. The molecule has 0 saturated carbocycles. The highest BCUT2D eigenvalue weighted by atomic mass is 35.5. The van der Waals surface area contributed by atoms with Crippen LogP contribution in [0.15, 0.2) is 18.2 Å². The summed E-state index contributed by atoms with van der Waals surface area (Å²) in [5, 5.41) is 9.51. The predicted molar refractivity (Wildman–Crippen MR) is 76.9 cm³/mol. The number of carbonyl (C=O) groups is 2. The highest BCUT2D eigenvalue weighted by Crippen LogP contribution is 2.39. The number of carbonyl (C=O) groups excluding carboxylic acids is 1. The third kappa shape index (κ3) is 3.82. The summed E-state index contributed by atoms with van der Waals surface area (Å²) in [6.45, 7) is 5.62. The summed E-state index contributed by atoms with van der Waals surface area (Å²) in [6, 6.07) is 2.96. The van der Waals surface area contributed by atoms with Gasteiger partial charge >= 0.3 is 5.97 Å². The maximum Gasteiger partial charge on any atom is 0.328 e. The summed E-state index contributed by atoms with van der Waals surface area (Å²) >= 11 is 12.1. The number of hydrogen-bond donors (Lipinski definition) is 1. The lowest BCUT2D eigenvalue weighted by molar-refractivity contribution is -0.131. The molecule has 0 unspecified atom stereocenters. The van der Waals surface area contributed by atoms with Crippen molar-refractivity contribution < 1.29 is 14.7 Å². The maximum atomic E-state index is 10.9. The van der Waals surface area contributed by atoms with Crippen LogP contribution in [0.25, 0.3) is 5.57 Å². The minimum absolute atomic E-state index is 0.245. The fraction of sp³-hybridized carbons (Fsp3) is 0.286. The van der Waals surface area contributed by atoms with Crippen LogP contribution in [0, 0.1) is 5.41 Å². The molecule has 0 radical (unpaired) electrons. The quantitative estimate of drug-likeness (QED) is 0.668. The molecule has 1 N–H and O–H groups in total. The second-order valence-electron chi connectivity index (χ2n) is 5.12. The molecule has 0 spiro atoms. The summed E-state index contributed by atoms with van der Waals surface area (Å²) in [5.41, 5.74) is 0.921. The van der Waals surface area contributed by atoms with Gasteiger partial charge in [0.15, 0.2) is 6.29 Å². The van der Waals surface area contributed by atoms with Crippen molar-refractivity contribution in [1.29, 1.82) is 0 Å². The van der Waals surface area contributed by atoms with E-state index in [1.807, 2.05) is 20.8 Å². The third-order valence-electron chi connectivity index (χ3n) is 2.58. The number of rotatable bonds is 3. The van der Waals surface area contributed by atoms with Crippen LogP contribution in [0.5, 0.6) is 0 Å². The van der Waals surface area contributed by atoms with Gasteiger partial charge in [-0.1, -0.05) is 44.0 Å². The van der Waals surface area contributed by atoms with Gasteiger partial charge in [-0.25, -0.2) is 4.79 Å². The van der Waals surface area contributed by atoms with E-state index in [0.29, 0.717) is 22.4 Å². The van der Waals surface area contributed by atoms with E-state index in [2.05, 4.69) is 0 Å². The number of benzene rings is 1. The Kier molecular flexibility index (Phi) is 4.77. The van der Waals surface area contributed by atoms with Gasteiger partial charge in [-0.3, -0.25) is 4.79 Å². The number of allylic oxidation sites excluding steroid dienone is 1. The van der Waals surface area contributed by atoms with Gasteiger partial charge in [-0.05, 0) is 28.7 Å². The third-order valence-corrected chi connectivity index (χ3v) is 3.22. The number of carboxylic acids is 1. The van der Waals surface area contributed by atoms with Crippen molar-refractivity contribution in [1.82, 2.24) is 0 Å².